The molecule has 2 fully saturated rings. The number of hydrazine groups is 1. The highest BCUT2D eigenvalue weighted by Crippen LogP contribution is 2.43. The van der Waals surface area contributed by atoms with Gasteiger partial charge < -0.3 is 30.7 Å². The molecule has 0 radical (unpaired) electrons. The van der Waals surface area contributed by atoms with E-state index in [1.54, 1.807) is 31.1 Å². The number of aromatic nitrogens is 3. The molecule has 0 spiro atoms. The Balaban J connectivity index is 1.43. The van der Waals surface area contributed by atoms with Crippen LogP contribution in [0.2, 0.25) is 5.02 Å². The summed E-state index contributed by atoms with van der Waals surface area (Å²) in [6.07, 6.45) is 4.11. The van der Waals surface area contributed by atoms with E-state index in [-0.39, 0.29) is 18.2 Å². The molecule has 2 aliphatic rings. The number of hydrogen-bond acceptors (Lipinski definition) is 13. The van der Waals surface area contributed by atoms with Crippen molar-refractivity contribution in [1.29, 1.82) is 0 Å². The fourth-order valence-electron chi connectivity index (χ4n) is 3.87. The number of thioether (sulfide) groups is 1. The summed E-state index contributed by atoms with van der Waals surface area (Å²) in [5.41, 5.74) is 13.3. The van der Waals surface area contributed by atoms with Crippen LogP contribution in [0.5, 0.6) is 0 Å². The minimum Gasteiger partial charge on any atom is -0.396 e. The first-order valence-corrected chi connectivity index (χ1v) is 13.2. The van der Waals surface area contributed by atoms with Gasteiger partial charge in [-0.25, -0.2) is 15.8 Å². The molecule has 2 saturated heterocycles. The average molecular weight is 540 g/mol. The lowest BCUT2D eigenvalue weighted by Gasteiger charge is -2.53. The summed E-state index contributed by atoms with van der Waals surface area (Å²) in [4.78, 5) is 14.0. The number of methoxy groups -OCH3 is 1. The third kappa shape index (κ3) is 4.62. The smallest absolute Gasteiger partial charge is 0.180 e. The topological polar surface area (TPSA) is 148 Å². The van der Waals surface area contributed by atoms with Crippen molar-refractivity contribution in [2.24, 2.45) is 11.6 Å². The Morgan fingerprint density at radius 3 is 2.88 bits per heavy atom. The number of anilines is 1. The van der Waals surface area contributed by atoms with Crippen molar-refractivity contribution in [3.8, 4) is 10.7 Å². The molecule has 2 aliphatic heterocycles. The molecule has 3 aromatic heterocycles. The van der Waals surface area contributed by atoms with Crippen molar-refractivity contribution in [1.82, 2.24) is 20.0 Å². The highest BCUT2D eigenvalue weighted by molar-refractivity contribution is 8.00. The van der Waals surface area contributed by atoms with E-state index in [0.717, 1.165) is 15.6 Å². The number of ether oxygens (including phenoxy) is 3. The normalized spacial score (nSPS) is 26.7. The van der Waals surface area contributed by atoms with Gasteiger partial charge in [-0.2, -0.15) is 0 Å². The van der Waals surface area contributed by atoms with Gasteiger partial charge in [0.1, 0.15) is 46.2 Å². The van der Waals surface area contributed by atoms with Crippen LogP contribution in [0.3, 0.4) is 0 Å². The number of nitrogens with zero attached hydrogens (tertiary/aromatic N) is 4. The number of rotatable bonds is 7. The van der Waals surface area contributed by atoms with E-state index in [2.05, 4.69) is 15.0 Å². The lowest BCUT2D eigenvalue weighted by atomic mass is 9.93. The molecule has 34 heavy (non-hydrogen) atoms. The van der Waals surface area contributed by atoms with Crippen LogP contribution in [0.15, 0.2) is 40.3 Å². The zero-order valence-corrected chi connectivity index (χ0v) is 21.1. The van der Waals surface area contributed by atoms with Crippen LogP contribution in [-0.2, 0) is 14.2 Å². The molecule has 0 saturated carbocycles. The van der Waals surface area contributed by atoms with Crippen molar-refractivity contribution in [2.75, 3.05) is 19.5 Å². The number of pyridine rings is 1. The van der Waals surface area contributed by atoms with Gasteiger partial charge in [-0.1, -0.05) is 23.4 Å². The molecule has 0 bridgehead atoms. The number of nitrogen functional groups attached to an aromatic ring is 1. The van der Waals surface area contributed by atoms with Crippen molar-refractivity contribution >= 4 is 56.9 Å². The van der Waals surface area contributed by atoms with Crippen molar-refractivity contribution < 1.29 is 14.2 Å². The predicted molar refractivity (Wildman–Crippen MR) is 134 cm³/mol. The van der Waals surface area contributed by atoms with Crippen LogP contribution in [0.1, 0.15) is 5.69 Å². The fraction of sp³-hybridized carbons (Fsp3) is 0.350. The van der Waals surface area contributed by atoms with Gasteiger partial charge in [0, 0.05) is 41.4 Å². The Morgan fingerprint density at radius 2 is 2.24 bits per heavy atom. The zero-order valence-electron chi connectivity index (χ0n) is 17.9. The monoisotopic (exact) mass is 539 g/mol. The first-order chi connectivity index (χ1) is 16.4. The minimum absolute atomic E-state index is 0.139. The second kappa shape index (κ2) is 9.95. The van der Waals surface area contributed by atoms with Gasteiger partial charge in [0.05, 0.1) is 17.3 Å². The van der Waals surface area contributed by atoms with Gasteiger partial charge in [-0.3, -0.25) is 4.98 Å². The summed E-state index contributed by atoms with van der Waals surface area (Å²) in [6.45, 7) is 0.470. The maximum atomic E-state index is 6.49. The molecule has 14 heteroatoms. The van der Waals surface area contributed by atoms with Gasteiger partial charge in [-0.15, -0.1) is 22.7 Å². The molecule has 10 nitrogen and oxygen atoms in total. The Kier molecular flexibility index (Phi) is 6.95. The third-order valence-corrected chi connectivity index (χ3v) is 8.33. The Morgan fingerprint density at radius 1 is 1.38 bits per heavy atom. The molecule has 3 aromatic rings. The van der Waals surface area contributed by atoms with Crippen molar-refractivity contribution in [3.63, 3.8) is 0 Å². The molecule has 0 aliphatic carbocycles. The molecule has 5 heterocycles. The summed E-state index contributed by atoms with van der Waals surface area (Å²) in [7, 11) is 1.62. The predicted octanol–water partition coefficient (Wildman–Crippen LogP) is 2.63. The van der Waals surface area contributed by atoms with E-state index in [4.69, 9.17) is 43.1 Å². The second-order valence-corrected chi connectivity index (χ2v) is 11.0. The summed E-state index contributed by atoms with van der Waals surface area (Å²) in [6, 6.07) is 1.50. The minimum atomic E-state index is -0.454. The molecule has 6 N–H and O–H groups in total. The first kappa shape index (κ1) is 23.8. The van der Waals surface area contributed by atoms with Crippen LogP contribution in [-0.4, -0.2) is 63.5 Å². The lowest BCUT2D eigenvalue weighted by molar-refractivity contribution is -0.272. The summed E-state index contributed by atoms with van der Waals surface area (Å²) in [5, 5.41) is 6.95. The van der Waals surface area contributed by atoms with E-state index < -0.39 is 11.5 Å². The SMILES string of the molecule is COC1C(Sc2cc(Cl)cnc2-c2nccs2)OC2COC2C1N(N)/C=C(\N)c1csc(N)n1. The lowest BCUT2D eigenvalue weighted by Crippen LogP contribution is -2.70. The number of fused-ring (bicyclic) bond motifs is 1. The summed E-state index contributed by atoms with van der Waals surface area (Å²) in [5.74, 6) is 6.49. The fourth-order valence-corrected chi connectivity index (χ4v) is 6.69. The van der Waals surface area contributed by atoms with E-state index in [1.807, 2.05) is 11.4 Å². The summed E-state index contributed by atoms with van der Waals surface area (Å²) < 4.78 is 18.0. The van der Waals surface area contributed by atoms with Gasteiger partial charge in [0.25, 0.3) is 0 Å². The molecule has 180 valence electrons. The van der Waals surface area contributed by atoms with Gasteiger partial charge in [0.15, 0.2) is 5.13 Å². The van der Waals surface area contributed by atoms with Gasteiger partial charge in [0.2, 0.25) is 0 Å². The van der Waals surface area contributed by atoms with E-state index in [0.29, 0.717) is 28.2 Å². The quantitative estimate of drug-likeness (QED) is 0.300. The van der Waals surface area contributed by atoms with Crippen LogP contribution in [0.25, 0.3) is 16.4 Å². The van der Waals surface area contributed by atoms with Crippen molar-refractivity contribution in [2.45, 2.75) is 34.7 Å². The van der Waals surface area contributed by atoms with Crippen LogP contribution >= 0.6 is 46.0 Å². The standard InChI is InChI=1S/C20H22ClN7O3S3/c1-29-17-15(28(24)6-10(22)11-8-33-20(23)27-11)16-12(7-30-16)31-19(17)34-13-4-9(21)5-26-14(13)18-25-2-3-32-18/h2-6,8,12,15-17,19H,7,22,24H2,1H3,(H2,23,27)/b10-6-. The summed E-state index contributed by atoms with van der Waals surface area (Å²) >= 11 is 10.6. The van der Waals surface area contributed by atoms with Crippen molar-refractivity contribution in [3.05, 3.63) is 46.1 Å². The Bertz CT molecular complexity index is 1180. The zero-order chi connectivity index (χ0) is 23.8. The number of nitrogens with two attached hydrogens (primary N) is 3. The van der Waals surface area contributed by atoms with Gasteiger partial charge >= 0.3 is 0 Å². The third-order valence-electron chi connectivity index (χ3n) is 5.49. The van der Waals surface area contributed by atoms with Gasteiger partial charge in [-0.05, 0) is 6.07 Å². The molecular formula is C20H22ClN7O3S3. The number of halogens is 1. The maximum Gasteiger partial charge on any atom is 0.180 e. The highest BCUT2D eigenvalue weighted by atomic mass is 35.5. The maximum absolute atomic E-state index is 6.49. The largest absolute Gasteiger partial charge is 0.396 e. The Hall–Kier alpha value is -1.97. The van der Waals surface area contributed by atoms with E-state index in [1.165, 1.54) is 39.4 Å². The first-order valence-electron chi connectivity index (χ1n) is 10.2. The van der Waals surface area contributed by atoms with Crippen LogP contribution in [0.4, 0.5) is 5.13 Å². The molecule has 5 unspecified atom stereocenters. The molecular weight excluding hydrogens is 518 g/mol. The molecule has 0 amide bonds. The number of thiazole rings is 2. The van der Waals surface area contributed by atoms with E-state index in [9.17, 15) is 0 Å². The van der Waals surface area contributed by atoms with E-state index >= 15 is 0 Å². The average Bonchev–Trinajstić information content (AvgIpc) is 3.47. The number of hydrogen-bond donors (Lipinski definition) is 3. The molecule has 5 atom stereocenters. The van der Waals surface area contributed by atoms with Crippen LogP contribution < -0.4 is 17.3 Å². The Labute approximate surface area is 213 Å². The van der Waals surface area contributed by atoms with Crippen LogP contribution in [0, 0.1) is 0 Å². The molecule has 5 rings (SSSR count). The molecule has 0 aromatic carbocycles. The second-order valence-electron chi connectivity index (χ2n) is 7.59. The highest BCUT2D eigenvalue weighted by Gasteiger charge is 2.53.